The summed E-state index contributed by atoms with van der Waals surface area (Å²) < 4.78 is 0. The second kappa shape index (κ2) is 8.55. The van der Waals surface area contributed by atoms with Gasteiger partial charge in [0.1, 0.15) is 0 Å². The highest BCUT2D eigenvalue weighted by Crippen LogP contribution is 2.30. The number of urea groups is 1. The van der Waals surface area contributed by atoms with Gasteiger partial charge < -0.3 is 10.4 Å². The zero-order valence-electron chi connectivity index (χ0n) is 12.0. The topological polar surface area (TPSA) is 95.5 Å². The molecule has 0 aromatic rings. The lowest BCUT2D eigenvalue weighted by atomic mass is 9.81. The van der Waals surface area contributed by atoms with Crippen LogP contribution < -0.4 is 10.6 Å². The highest BCUT2D eigenvalue weighted by atomic mass is 16.4. The average molecular weight is 284 g/mol. The highest BCUT2D eigenvalue weighted by Gasteiger charge is 2.18. The third-order valence-corrected chi connectivity index (χ3v) is 3.70. The van der Waals surface area contributed by atoms with Crippen LogP contribution >= 0.6 is 0 Å². The molecule has 114 valence electrons. The Morgan fingerprint density at radius 1 is 1.20 bits per heavy atom. The molecule has 0 saturated heterocycles. The van der Waals surface area contributed by atoms with Crippen molar-refractivity contribution in [2.24, 2.45) is 11.8 Å². The molecule has 1 fully saturated rings. The predicted molar refractivity (Wildman–Crippen MR) is 74.2 cm³/mol. The van der Waals surface area contributed by atoms with Gasteiger partial charge in [0.2, 0.25) is 5.91 Å². The molecule has 1 aliphatic rings. The van der Waals surface area contributed by atoms with Crippen molar-refractivity contribution in [3.05, 3.63) is 0 Å². The maximum Gasteiger partial charge on any atom is 0.321 e. The molecule has 1 rings (SSSR count). The molecular formula is C14H24N2O4. The Morgan fingerprint density at radius 3 is 2.60 bits per heavy atom. The van der Waals surface area contributed by atoms with E-state index in [-0.39, 0.29) is 12.8 Å². The Kier molecular flexibility index (Phi) is 7.04. The quantitative estimate of drug-likeness (QED) is 0.694. The van der Waals surface area contributed by atoms with Gasteiger partial charge in [-0.3, -0.25) is 14.9 Å². The highest BCUT2D eigenvalue weighted by molar-refractivity contribution is 5.95. The fourth-order valence-electron chi connectivity index (χ4n) is 2.67. The van der Waals surface area contributed by atoms with E-state index in [0.717, 1.165) is 12.3 Å². The minimum atomic E-state index is -1.05. The first-order valence-electron chi connectivity index (χ1n) is 7.27. The summed E-state index contributed by atoms with van der Waals surface area (Å²) in [6.07, 6.45) is 5.46. The molecule has 6 heteroatoms. The van der Waals surface area contributed by atoms with Gasteiger partial charge in [0.15, 0.2) is 0 Å². The molecular weight excluding hydrogens is 260 g/mol. The van der Waals surface area contributed by atoms with Crippen LogP contribution in [0.5, 0.6) is 0 Å². The molecule has 0 heterocycles. The van der Waals surface area contributed by atoms with Gasteiger partial charge in [-0.25, -0.2) is 4.79 Å². The van der Waals surface area contributed by atoms with E-state index in [1.807, 2.05) is 0 Å². The number of hydrogen-bond acceptors (Lipinski definition) is 3. The summed E-state index contributed by atoms with van der Waals surface area (Å²) in [5.74, 6) is -0.190. The third-order valence-electron chi connectivity index (χ3n) is 3.70. The van der Waals surface area contributed by atoms with Gasteiger partial charge in [0.25, 0.3) is 0 Å². The monoisotopic (exact) mass is 284 g/mol. The van der Waals surface area contributed by atoms with Crippen molar-refractivity contribution in [2.75, 3.05) is 6.54 Å². The fraction of sp³-hybridized carbons (Fsp3) is 0.786. The molecule has 2 unspecified atom stereocenters. The number of hydrogen-bond donors (Lipinski definition) is 3. The second-order valence-electron chi connectivity index (χ2n) is 5.62. The van der Waals surface area contributed by atoms with Gasteiger partial charge in [0, 0.05) is 13.0 Å². The molecule has 3 amide bonds. The van der Waals surface area contributed by atoms with Gasteiger partial charge in [-0.1, -0.05) is 26.2 Å². The molecule has 2 atom stereocenters. The first-order chi connectivity index (χ1) is 9.47. The molecule has 0 aromatic heterocycles. The van der Waals surface area contributed by atoms with Gasteiger partial charge >= 0.3 is 12.0 Å². The normalized spacial score (nSPS) is 22.1. The lowest BCUT2D eigenvalue weighted by Crippen LogP contribution is -2.40. The van der Waals surface area contributed by atoms with Crippen LogP contribution in [0.3, 0.4) is 0 Å². The number of imide groups is 1. The van der Waals surface area contributed by atoms with Crippen LogP contribution in [0.2, 0.25) is 0 Å². The minimum absolute atomic E-state index is 0.178. The van der Waals surface area contributed by atoms with Gasteiger partial charge in [-0.15, -0.1) is 0 Å². The van der Waals surface area contributed by atoms with E-state index in [9.17, 15) is 14.4 Å². The smallest absolute Gasteiger partial charge is 0.321 e. The first kappa shape index (κ1) is 16.5. The molecule has 0 bridgehead atoms. The summed E-state index contributed by atoms with van der Waals surface area (Å²) >= 11 is 0. The van der Waals surface area contributed by atoms with E-state index in [1.165, 1.54) is 25.7 Å². The van der Waals surface area contributed by atoms with Crippen LogP contribution in [0, 0.1) is 11.8 Å². The largest absolute Gasteiger partial charge is 0.481 e. The van der Waals surface area contributed by atoms with E-state index < -0.39 is 17.9 Å². The SMILES string of the molecule is CC1CCCC(CCNC(=O)NC(=O)CCC(=O)O)C1. The summed E-state index contributed by atoms with van der Waals surface area (Å²) in [6.45, 7) is 2.81. The number of carbonyl (C=O) groups is 3. The number of carboxylic acids is 1. The van der Waals surface area contributed by atoms with Crippen molar-refractivity contribution in [1.29, 1.82) is 0 Å². The molecule has 0 aromatic carbocycles. The van der Waals surface area contributed by atoms with Gasteiger partial charge in [-0.05, 0) is 24.7 Å². The lowest BCUT2D eigenvalue weighted by Gasteiger charge is -2.26. The Labute approximate surface area is 119 Å². The third kappa shape index (κ3) is 7.11. The van der Waals surface area contributed by atoms with Gasteiger partial charge in [0.05, 0.1) is 6.42 Å². The van der Waals surface area contributed by atoms with Gasteiger partial charge in [-0.2, -0.15) is 0 Å². The van der Waals surface area contributed by atoms with E-state index in [2.05, 4.69) is 17.6 Å². The summed E-state index contributed by atoms with van der Waals surface area (Å²) in [7, 11) is 0. The standard InChI is InChI=1S/C14H24N2O4/c1-10-3-2-4-11(9-10)7-8-15-14(20)16-12(17)5-6-13(18)19/h10-11H,2-9H2,1H3,(H,18,19)(H2,15,16,17,20). The number of amides is 3. The number of aliphatic carboxylic acids is 1. The molecule has 3 N–H and O–H groups in total. The maximum absolute atomic E-state index is 11.4. The number of nitrogens with one attached hydrogen (secondary N) is 2. The van der Waals surface area contributed by atoms with Crippen LogP contribution in [0.15, 0.2) is 0 Å². The van der Waals surface area contributed by atoms with Crippen molar-refractivity contribution >= 4 is 17.9 Å². The second-order valence-corrected chi connectivity index (χ2v) is 5.62. The molecule has 1 aliphatic carbocycles. The van der Waals surface area contributed by atoms with Crippen molar-refractivity contribution in [3.8, 4) is 0 Å². The van der Waals surface area contributed by atoms with Crippen LogP contribution in [0.1, 0.15) is 51.9 Å². The summed E-state index contributed by atoms with van der Waals surface area (Å²) in [5.41, 5.74) is 0. The Balaban J connectivity index is 2.10. The van der Waals surface area contributed by atoms with E-state index in [0.29, 0.717) is 12.5 Å². The van der Waals surface area contributed by atoms with Crippen molar-refractivity contribution in [3.63, 3.8) is 0 Å². The zero-order valence-corrected chi connectivity index (χ0v) is 12.0. The Bertz CT molecular complexity index is 357. The van der Waals surface area contributed by atoms with E-state index >= 15 is 0 Å². The molecule has 1 saturated carbocycles. The first-order valence-corrected chi connectivity index (χ1v) is 7.27. The maximum atomic E-state index is 11.4. The average Bonchev–Trinajstić information content (AvgIpc) is 2.36. The summed E-state index contributed by atoms with van der Waals surface area (Å²) in [4.78, 5) is 32.9. The van der Waals surface area contributed by atoms with Crippen LogP contribution in [0.4, 0.5) is 4.79 Å². The lowest BCUT2D eigenvalue weighted by molar-refractivity contribution is -0.138. The van der Waals surface area contributed by atoms with Crippen molar-refractivity contribution < 1.29 is 19.5 Å². The summed E-state index contributed by atoms with van der Waals surface area (Å²) in [5, 5.41) is 13.2. The predicted octanol–water partition coefficient (Wildman–Crippen LogP) is 1.89. The van der Waals surface area contributed by atoms with Crippen molar-refractivity contribution in [1.82, 2.24) is 10.6 Å². The molecule has 0 radical (unpaired) electrons. The van der Waals surface area contributed by atoms with Crippen molar-refractivity contribution in [2.45, 2.75) is 51.9 Å². The number of carbonyl (C=O) groups excluding carboxylic acids is 2. The molecule has 0 aliphatic heterocycles. The van der Waals surface area contributed by atoms with E-state index in [1.54, 1.807) is 0 Å². The van der Waals surface area contributed by atoms with Crippen LogP contribution in [-0.2, 0) is 9.59 Å². The molecule has 6 nitrogen and oxygen atoms in total. The van der Waals surface area contributed by atoms with Crippen LogP contribution in [0.25, 0.3) is 0 Å². The number of rotatable bonds is 6. The molecule has 0 spiro atoms. The minimum Gasteiger partial charge on any atom is -0.481 e. The fourth-order valence-corrected chi connectivity index (χ4v) is 2.67. The summed E-state index contributed by atoms with van der Waals surface area (Å²) in [6, 6.07) is -0.538. The Hall–Kier alpha value is -1.59. The van der Waals surface area contributed by atoms with E-state index in [4.69, 9.17) is 5.11 Å². The Morgan fingerprint density at radius 2 is 1.95 bits per heavy atom. The van der Waals surface area contributed by atoms with Crippen LogP contribution in [-0.4, -0.2) is 29.6 Å². The number of carboxylic acid groups (broad SMARTS) is 1. The molecule has 20 heavy (non-hydrogen) atoms. The zero-order chi connectivity index (χ0) is 15.0.